The minimum Gasteiger partial charge on any atom is -0.497 e. The van der Waals surface area contributed by atoms with Crippen LogP contribution in [-0.4, -0.2) is 40.5 Å². The Bertz CT molecular complexity index is 1350. The van der Waals surface area contributed by atoms with Gasteiger partial charge in [0.1, 0.15) is 23.2 Å². The van der Waals surface area contributed by atoms with Gasteiger partial charge in [0.05, 0.1) is 24.0 Å². The number of carbonyl (C=O) groups is 1. The Labute approximate surface area is 195 Å². The topological polar surface area (TPSA) is 58.9 Å². The van der Waals surface area contributed by atoms with E-state index in [1.165, 1.54) is 6.07 Å². The first-order chi connectivity index (χ1) is 16.5. The predicted octanol–water partition coefficient (Wildman–Crippen LogP) is 5.70. The molecule has 0 spiro atoms. The molecule has 5 rings (SSSR count). The van der Waals surface area contributed by atoms with Crippen LogP contribution >= 0.6 is 0 Å². The molecule has 8 heteroatoms. The van der Waals surface area contributed by atoms with Crippen molar-refractivity contribution in [3.8, 4) is 17.0 Å². The molecule has 2 aromatic carbocycles. The molecule has 34 heavy (non-hydrogen) atoms. The van der Waals surface area contributed by atoms with Crippen LogP contribution in [0, 0.1) is 11.6 Å². The van der Waals surface area contributed by atoms with Crippen molar-refractivity contribution in [1.29, 1.82) is 0 Å². The number of carbonyl (C=O) groups excluding carboxylic acids is 1. The largest absolute Gasteiger partial charge is 0.497 e. The molecule has 0 saturated carbocycles. The molecule has 6 nitrogen and oxygen atoms in total. The lowest BCUT2D eigenvalue weighted by atomic mass is 9.97. The maximum absolute atomic E-state index is 14.0. The van der Waals surface area contributed by atoms with E-state index in [-0.39, 0.29) is 11.6 Å². The van der Waals surface area contributed by atoms with Crippen molar-refractivity contribution in [2.75, 3.05) is 25.5 Å². The monoisotopic (exact) mass is 462 g/mol. The highest BCUT2D eigenvalue weighted by Crippen LogP contribution is 2.33. The quantitative estimate of drug-likeness (QED) is 0.423. The van der Waals surface area contributed by atoms with Gasteiger partial charge in [-0.05, 0) is 49.2 Å². The number of benzene rings is 2. The van der Waals surface area contributed by atoms with Crippen molar-refractivity contribution in [1.82, 2.24) is 14.3 Å². The number of urea groups is 1. The summed E-state index contributed by atoms with van der Waals surface area (Å²) in [5, 5.41) is 2.56. The van der Waals surface area contributed by atoms with Crippen LogP contribution in [0.1, 0.15) is 24.6 Å². The second-order valence-corrected chi connectivity index (χ2v) is 8.35. The molecule has 4 aromatic rings. The number of ether oxygens (including phenoxy) is 1. The third-order valence-corrected chi connectivity index (χ3v) is 6.17. The first-order valence-electron chi connectivity index (χ1n) is 11.2. The molecule has 1 unspecified atom stereocenters. The number of aromatic nitrogens is 2. The van der Waals surface area contributed by atoms with Crippen LogP contribution < -0.4 is 10.1 Å². The predicted molar refractivity (Wildman–Crippen MR) is 126 cm³/mol. The van der Waals surface area contributed by atoms with Gasteiger partial charge in [-0.25, -0.2) is 18.6 Å². The van der Waals surface area contributed by atoms with Crippen molar-refractivity contribution < 1.29 is 18.3 Å². The Morgan fingerprint density at radius 3 is 2.82 bits per heavy atom. The minimum absolute atomic E-state index is 0.00632. The molecule has 1 saturated heterocycles. The highest BCUT2D eigenvalue weighted by molar-refractivity contribution is 5.89. The zero-order valence-corrected chi connectivity index (χ0v) is 18.7. The molecular formula is C26H24F2N4O2. The third-order valence-electron chi connectivity index (χ3n) is 6.17. The first kappa shape index (κ1) is 21.9. The number of nitrogens with one attached hydrogen (secondary N) is 1. The number of hydrogen-bond donors (Lipinski definition) is 1. The van der Waals surface area contributed by atoms with E-state index in [4.69, 9.17) is 9.72 Å². The van der Waals surface area contributed by atoms with Crippen molar-refractivity contribution in [2.45, 2.75) is 18.8 Å². The second-order valence-electron chi connectivity index (χ2n) is 8.35. The Morgan fingerprint density at radius 1 is 1.12 bits per heavy atom. The van der Waals surface area contributed by atoms with E-state index in [0.717, 1.165) is 53.3 Å². The molecule has 0 radical (unpaired) electrons. The van der Waals surface area contributed by atoms with Crippen molar-refractivity contribution in [3.63, 3.8) is 0 Å². The lowest BCUT2D eigenvalue weighted by Gasteiger charge is -2.32. The van der Waals surface area contributed by atoms with Crippen LogP contribution in [-0.2, 0) is 0 Å². The number of fused-ring (bicyclic) bond motifs is 1. The Kier molecular flexibility index (Phi) is 5.88. The molecule has 1 atom stereocenters. The van der Waals surface area contributed by atoms with Crippen LogP contribution in [0.4, 0.5) is 19.3 Å². The van der Waals surface area contributed by atoms with E-state index in [9.17, 15) is 13.6 Å². The highest BCUT2D eigenvalue weighted by atomic mass is 19.1. The van der Waals surface area contributed by atoms with Gasteiger partial charge in [-0.3, -0.25) is 0 Å². The lowest BCUT2D eigenvalue weighted by Crippen LogP contribution is -2.42. The van der Waals surface area contributed by atoms with Gasteiger partial charge in [-0.15, -0.1) is 0 Å². The maximum atomic E-state index is 14.0. The van der Waals surface area contributed by atoms with Crippen molar-refractivity contribution in [3.05, 3.63) is 84.3 Å². The number of pyridine rings is 1. The first-order valence-corrected chi connectivity index (χ1v) is 11.2. The molecule has 174 valence electrons. The molecule has 1 N–H and O–H groups in total. The van der Waals surface area contributed by atoms with E-state index in [1.54, 1.807) is 12.0 Å². The van der Waals surface area contributed by atoms with Crippen LogP contribution in [0.5, 0.6) is 5.75 Å². The number of rotatable bonds is 4. The fourth-order valence-electron chi connectivity index (χ4n) is 4.49. The Hall–Kier alpha value is -3.94. The summed E-state index contributed by atoms with van der Waals surface area (Å²) < 4.78 is 34.7. The fraction of sp³-hybridized carbons (Fsp3) is 0.231. The van der Waals surface area contributed by atoms with E-state index < -0.39 is 17.7 Å². The molecule has 0 bridgehead atoms. The number of hydrogen-bond acceptors (Lipinski definition) is 3. The average molecular weight is 463 g/mol. The standard InChI is InChI=1S/C26H24F2N4O2/c1-34-20-8-4-6-17(14-20)24-23-9-2-3-13-32(23)25(30-24)18-7-5-12-31(16-18)26(33)29-22-11-10-19(27)15-21(22)28/h2-4,6,8-11,13-15,18H,5,7,12,16H2,1H3,(H,29,33). The van der Waals surface area contributed by atoms with Gasteiger partial charge < -0.3 is 19.4 Å². The van der Waals surface area contributed by atoms with Gasteiger partial charge in [0.2, 0.25) is 0 Å². The van der Waals surface area contributed by atoms with Crippen molar-refractivity contribution >= 4 is 17.2 Å². The van der Waals surface area contributed by atoms with Crippen LogP contribution in [0.3, 0.4) is 0 Å². The van der Waals surface area contributed by atoms with E-state index in [1.807, 2.05) is 48.7 Å². The smallest absolute Gasteiger partial charge is 0.321 e. The maximum Gasteiger partial charge on any atom is 0.321 e. The molecular weight excluding hydrogens is 438 g/mol. The van der Waals surface area contributed by atoms with Gasteiger partial charge in [-0.1, -0.05) is 18.2 Å². The average Bonchev–Trinajstić information content (AvgIpc) is 3.26. The summed E-state index contributed by atoms with van der Waals surface area (Å²) in [5.41, 5.74) is 2.73. The van der Waals surface area contributed by atoms with Crippen LogP contribution in [0.15, 0.2) is 66.9 Å². The van der Waals surface area contributed by atoms with Gasteiger partial charge in [0.15, 0.2) is 0 Å². The van der Waals surface area contributed by atoms with Gasteiger partial charge in [-0.2, -0.15) is 0 Å². The minimum atomic E-state index is -0.802. The normalized spacial score (nSPS) is 16.0. The summed E-state index contributed by atoms with van der Waals surface area (Å²) in [4.78, 5) is 19.5. The highest BCUT2D eigenvalue weighted by Gasteiger charge is 2.29. The molecule has 2 amide bonds. The SMILES string of the molecule is COc1cccc(-c2nc(C3CCCN(C(=O)Nc4ccc(F)cc4F)C3)n3ccccc23)c1. The zero-order valence-electron chi connectivity index (χ0n) is 18.7. The molecule has 1 fully saturated rings. The number of anilines is 1. The van der Waals surface area contributed by atoms with E-state index in [0.29, 0.717) is 13.1 Å². The fourth-order valence-corrected chi connectivity index (χ4v) is 4.49. The van der Waals surface area contributed by atoms with Gasteiger partial charge in [0.25, 0.3) is 0 Å². The number of nitrogens with zero attached hydrogens (tertiary/aromatic N) is 3. The summed E-state index contributed by atoms with van der Waals surface area (Å²) in [6, 6.07) is 16.4. The van der Waals surface area contributed by atoms with E-state index >= 15 is 0 Å². The summed E-state index contributed by atoms with van der Waals surface area (Å²) in [5.74, 6) is 0.144. The number of piperidine rings is 1. The summed E-state index contributed by atoms with van der Waals surface area (Å²) in [6.07, 6.45) is 3.65. The van der Waals surface area contributed by atoms with E-state index in [2.05, 4.69) is 9.72 Å². The molecule has 0 aliphatic carbocycles. The number of methoxy groups -OCH3 is 1. The van der Waals surface area contributed by atoms with Crippen LogP contribution in [0.2, 0.25) is 0 Å². The van der Waals surface area contributed by atoms with Crippen LogP contribution in [0.25, 0.3) is 16.8 Å². The summed E-state index contributed by atoms with van der Waals surface area (Å²) >= 11 is 0. The zero-order chi connectivity index (χ0) is 23.7. The van der Waals surface area contributed by atoms with Gasteiger partial charge in [0, 0.05) is 36.8 Å². The second kappa shape index (κ2) is 9.13. The number of amides is 2. The Morgan fingerprint density at radius 2 is 2.00 bits per heavy atom. The summed E-state index contributed by atoms with van der Waals surface area (Å²) in [6.45, 7) is 0.997. The molecule has 1 aliphatic heterocycles. The van der Waals surface area contributed by atoms with Crippen molar-refractivity contribution in [2.24, 2.45) is 0 Å². The number of likely N-dealkylation sites (tertiary alicyclic amines) is 1. The molecule has 2 aromatic heterocycles. The summed E-state index contributed by atoms with van der Waals surface area (Å²) in [7, 11) is 1.63. The molecule has 3 heterocycles. The third kappa shape index (κ3) is 4.19. The lowest BCUT2D eigenvalue weighted by molar-refractivity contribution is 0.191. The molecule has 1 aliphatic rings. The Balaban J connectivity index is 1.43. The number of halogens is 2. The number of imidazole rings is 1. The van der Waals surface area contributed by atoms with Gasteiger partial charge >= 0.3 is 6.03 Å².